The number of carbonyl (C=O) groups is 1. The molecule has 1 aliphatic rings. The topological polar surface area (TPSA) is 26.3 Å². The fourth-order valence-corrected chi connectivity index (χ4v) is 2.69. The predicted molar refractivity (Wildman–Crippen MR) is 77.4 cm³/mol. The molecule has 19 heavy (non-hydrogen) atoms. The Morgan fingerprint density at radius 1 is 1.26 bits per heavy atom. The van der Waals surface area contributed by atoms with Crippen LogP contribution in [0.1, 0.15) is 74.7 Å². The summed E-state index contributed by atoms with van der Waals surface area (Å²) in [6.45, 7) is 6.42. The van der Waals surface area contributed by atoms with E-state index in [1.165, 1.54) is 5.56 Å². The van der Waals surface area contributed by atoms with Crippen LogP contribution in [0.25, 0.3) is 0 Å². The van der Waals surface area contributed by atoms with Gasteiger partial charge in [-0.05, 0) is 62.6 Å². The minimum absolute atomic E-state index is 0.180. The molecule has 0 radical (unpaired) electrons. The molecule has 0 amide bonds. The van der Waals surface area contributed by atoms with E-state index in [2.05, 4.69) is 13.8 Å². The molecule has 0 aliphatic heterocycles. The molecule has 0 heterocycles. The highest BCUT2D eigenvalue weighted by molar-refractivity contribution is 5.89. The van der Waals surface area contributed by atoms with Crippen molar-refractivity contribution in [3.8, 4) is 0 Å². The molecular formula is C17H24O2. The second-order valence-corrected chi connectivity index (χ2v) is 5.98. The Morgan fingerprint density at radius 3 is 2.37 bits per heavy atom. The second-order valence-electron chi connectivity index (χ2n) is 5.98. The van der Waals surface area contributed by atoms with Gasteiger partial charge in [0.1, 0.15) is 5.60 Å². The van der Waals surface area contributed by atoms with Gasteiger partial charge in [0, 0.05) is 0 Å². The van der Waals surface area contributed by atoms with Crippen molar-refractivity contribution in [1.82, 2.24) is 0 Å². The van der Waals surface area contributed by atoms with E-state index in [4.69, 9.17) is 4.74 Å². The third-order valence-corrected chi connectivity index (χ3v) is 4.33. The van der Waals surface area contributed by atoms with Gasteiger partial charge in [-0.2, -0.15) is 0 Å². The van der Waals surface area contributed by atoms with Gasteiger partial charge in [0.2, 0.25) is 0 Å². The predicted octanol–water partition coefficient (Wildman–Crippen LogP) is 4.69. The molecule has 0 spiro atoms. The Labute approximate surface area is 116 Å². The number of esters is 1. The molecule has 0 N–H and O–H groups in total. The van der Waals surface area contributed by atoms with E-state index >= 15 is 0 Å². The summed E-state index contributed by atoms with van der Waals surface area (Å²) >= 11 is 0. The van der Waals surface area contributed by atoms with Gasteiger partial charge in [-0.15, -0.1) is 0 Å². The van der Waals surface area contributed by atoms with Gasteiger partial charge in [0.25, 0.3) is 0 Å². The summed E-state index contributed by atoms with van der Waals surface area (Å²) in [5.74, 6) is 0.359. The van der Waals surface area contributed by atoms with E-state index in [1.54, 1.807) is 0 Å². The number of carbonyl (C=O) groups excluding carboxylic acids is 1. The van der Waals surface area contributed by atoms with Gasteiger partial charge < -0.3 is 4.74 Å². The van der Waals surface area contributed by atoms with E-state index in [9.17, 15) is 4.79 Å². The maximum atomic E-state index is 12.1. The first-order valence-corrected chi connectivity index (χ1v) is 7.37. The molecule has 1 aromatic carbocycles. The highest BCUT2D eigenvalue weighted by Gasteiger charge is 2.32. The van der Waals surface area contributed by atoms with E-state index in [1.807, 2.05) is 31.2 Å². The van der Waals surface area contributed by atoms with E-state index in [-0.39, 0.29) is 11.6 Å². The van der Waals surface area contributed by atoms with Gasteiger partial charge in [0.05, 0.1) is 5.56 Å². The van der Waals surface area contributed by atoms with Crippen molar-refractivity contribution in [2.75, 3.05) is 0 Å². The molecule has 1 aliphatic carbocycles. The SMILES string of the molecule is CCC(C)c1ccc(C(=O)OC2(C)CCCC2)cc1. The van der Waals surface area contributed by atoms with E-state index in [0.717, 1.165) is 32.1 Å². The Balaban J connectivity index is 2.03. The van der Waals surface area contributed by atoms with Crippen molar-refractivity contribution in [3.05, 3.63) is 35.4 Å². The van der Waals surface area contributed by atoms with Crippen LogP contribution >= 0.6 is 0 Å². The second kappa shape index (κ2) is 5.77. The lowest BCUT2D eigenvalue weighted by atomic mass is 9.97. The lowest BCUT2D eigenvalue weighted by molar-refractivity contribution is -0.00608. The van der Waals surface area contributed by atoms with Gasteiger partial charge in [0.15, 0.2) is 0 Å². The average molecular weight is 260 g/mol. The lowest BCUT2D eigenvalue weighted by Crippen LogP contribution is -2.28. The Morgan fingerprint density at radius 2 is 1.84 bits per heavy atom. The van der Waals surface area contributed by atoms with Gasteiger partial charge >= 0.3 is 5.97 Å². The molecular weight excluding hydrogens is 236 g/mol. The fourth-order valence-electron chi connectivity index (χ4n) is 2.69. The Kier molecular flexibility index (Phi) is 4.28. The summed E-state index contributed by atoms with van der Waals surface area (Å²) in [5, 5.41) is 0. The zero-order valence-corrected chi connectivity index (χ0v) is 12.2. The third-order valence-electron chi connectivity index (χ3n) is 4.33. The molecule has 2 rings (SSSR count). The largest absolute Gasteiger partial charge is 0.456 e. The quantitative estimate of drug-likeness (QED) is 0.734. The average Bonchev–Trinajstić information content (AvgIpc) is 2.84. The first-order chi connectivity index (χ1) is 9.04. The Hall–Kier alpha value is -1.31. The highest BCUT2D eigenvalue weighted by atomic mass is 16.6. The van der Waals surface area contributed by atoms with Crippen molar-refractivity contribution >= 4 is 5.97 Å². The number of benzene rings is 1. The van der Waals surface area contributed by atoms with Crippen LogP contribution in [0.5, 0.6) is 0 Å². The summed E-state index contributed by atoms with van der Waals surface area (Å²) in [7, 11) is 0. The van der Waals surface area contributed by atoms with E-state index < -0.39 is 0 Å². The summed E-state index contributed by atoms with van der Waals surface area (Å²) < 4.78 is 5.67. The lowest BCUT2D eigenvalue weighted by Gasteiger charge is -2.24. The molecule has 1 unspecified atom stereocenters. The number of hydrogen-bond acceptors (Lipinski definition) is 2. The van der Waals surface area contributed by atoms with Gasteiger partial charge in [-0.3, -0.25) is 0 Å². The molecule has 2 nitrogen and oxygen atoms in total. The number of hydrogen-bond donors (Lipinski definition) is 0. The molecule has 1 atom stereocenters. The van der Waals surface area contributed by atoms with Gasteiger partial charge in [-0.25, -0.2) is 4.79 Å². The molecule has 0 bridgehead atoms. The third kappa shape index (κ3) is 3.37. The van der Waals surface area contributed by atoms with Crippen molar-refractivity contribution in [2.24, 2.45) is 0 Å². The minimum atomic E-state index is -0.244. The molecule has 0 saturated heterocycles. The van der Waals surface area contributed by atoms with Crippen LogP contribution in [0.15, 0.2) is 24.3 Å². The van der Waals surface area contributed by atoms with Crippen LogP contribution in [0.3, 0.4) is 0 Å². The molecule has 1 saturated carbocycles. The minimum Gasteiger partial charge on any atom is -0.456 e. The van der Waals surface area contributed by atoms with Crippen molar-refractivity contribution < 1.29 is 9.53 Å². The zero-order valence-electron chi connectivity index (χ0n) is 12.2. The molecule has 104 valence electrons. The summed E-state index contributed by atoms with van der Waals surface area (Å²) in [6.07, 6.45) is 5.42. The van der Waals surface area contributed by atoms with Crippen molar-refractivity contribution in [2.45, 2.75) is 64.4 Å². The molecule has 1 fully saturated rings. The standard InChI is InChI=1S/C17H24O2/c1-4-13(2)14-7-9-15(10-8-14)16(18)19-17(3)11-5-6-12-17/h7-10,13H,4-6,11-12H2,1-3H3. The maximum Gasteiger partial charge on any atom is 0.338 e. The normalized spacial score (nSPS) is 19.1. The Bertz CT molecular complexity index is 427. The van der Waals surface area contributed by atoms with Crippen LogP contribution in [0.2, 0.25) is 0 Å². The molecule has 2 heteroatoms. The fraction of sp³-hybridized carbons (Fsp3) is 0.588. The van der Waals surface area contributed by atoms with Gasteiger partial charge in [-0.1, -0.05) is 26.0 Å². The van der Waals surface area contributed by atoms with Crippen LogP contribution < -0.4 is 0 Å². The smallest absolute Gasteiger partial charge is 0.338 e. The first-order valence-electron chi connectivity index (χ1n) is 7.37. The summed E-state index contributed by atoms with van der Waals surface area (Å²) in [4.78, 5) is 12.1. The first kappa shape index (κ1) is 14.1. The summed E-state index contributed by atoms with van der Waals surface area (Å²) in [6, 6.07) is 7.87. The zero-order chi connectivity index (χ0) is 13.9. The van der Waals surface area contributed by atoms with Crippen molar-refractivity contribution in [3.63, 3.8) is 0 Å². The van der Waals surface area contributed by atoms with Crippen LogP contribution in [-0.4, -0.2) is 11.6 Å². The number of ether oxygens (including phenoxy) is 1. The monoisotopic (exact) mass is 260 g/mol. The van der Waals surface area contributed by atoms with Crippen LogP contribution in [0, 0.1) is 0 Å². The van der Waals surface area contributed by atoms with Crippen LogP contribution in [-0.2, 0) is 4.74 Å². The highest BCUT2D eigenvalue weighted by Crippen LogP contribution is 2.33. The molecule has 0 aromatic heterocycles. The summed E-state index contributed by atoms with van der Waals surface area (Å²) in [5.41, 5.74) is 1.71. The number of rotatable bonds is 4. The van der Waals surface area contributed by atoms with E-state index in [0.29, 0.717) is 11.5 Å². The molecule has 1 aromatic rings. The van der Waals surface area contributed by atoms with Crippen LogP contribution in [0.4, 0.5) is 0 Å². The maximum absolute atomic E-state index is 12.1. The van der Waals surface area contributed by atoms with Crippen molar-refractivity contribution in [1.29, 1.82) is 0 Å².